The average molecular weight is 588 g/mol. The highest BCUT2D eigenvalue weighted by molar-refractivity contribution is 14.1. The van der Waals surface area contributed by atoms with Gasteiger partial charge in [0.1, 0.15) is 6.61 Å². The number of terminal acetylenes is 1. The Bertz CT molecular complexity index is 1110. The van der Waals surface area contributed by atoms with Gasteiger partial charge >= 0.3 is 0 Å². The van der Waals surface area contributed by atoms with E-state index in [0.717, 1.165) is 25.8 Å². The summed E-state index contributed by atoms with van der Waals surface area (Å²) in [6.45, 7) is 2.53. The summed E-state index contributed by atoms with van der Waals surface area (Å²) in [5.41, 5.74) is 1.57. The summed E-state index contributed by atoms with van der Waals surface area (Å²) in [6.07, 6.45) is 6.88. The fourth-order valence-electron chi connectivity index (χ4n) is 2.74. The third-order valence-corrected chi connectivity index (χ3v) is 6.57. The maximum Gasteiger partial charge on any atom is 0.294 e. The number of ether oxygens (including phenoxy) is 2. The number of rotatable bonds is 7. The van der Waals surface area contributed by atoms with Crippen molar-refractivity contribution in [1.29, 1.82) is 0 Å². The number of imide groups is 1. The lowest BCUT2D eigenvalue weighted by atomic mass is 10.1. The summed E-state index contributed by atoms with van der Waals surface area (Å²) in [5.74, 6) is 3.03. The standard InChI is InChI=1S/C22H16Cl2INO4S/c1-3-7-26-21(27)19(31-22(26)28)11-14-9-17(25)20(18(10-14)29-4-2)30-12-13-5-6-15(23)16(24)8-13/h1,5-6,8-11H,4,7,12H2,2H3/b19-11+. The molecule has 31 heavy (non-hydrogen) atoms. The molecule has 0 atom stereocenters. The molecule has 5 nitrogen and oxygen atoms in total. The summed E-state index contributed by atoms with van der Waals surface area (Å²) in [4.78, 5) is 25.8. The Morgan fingerprint density at radius 1 is 1.19 bits per heavy atom. The second-order valence-electron chi connectivity index (χ2n) is 6.27. The summed E-state index contributed by atoms with van der Waals surface area (Å²) in [7, 11) is 0. The smallest absolute Gasteiger partial charge is 0.294 e. The van der Waals surface area contributed by atoms with E-state index < -0.39 is 5.91 Å². The van der Waals surface area contributed by atoms with Crippen LogP contribution in [0.15, 0.2) is 35.2 Å². The Labute approximate surface area is 208 Å². The first kappa shape index (κ1) is 23.8. The van der Waals surface area contributed by atoms with E-state index in [1.54, 1.807) is 24.3 Å². The Hall–Kier alpha value is -1.86. The second-order valence-corrected chi connectivity index (χ2v) is 9.24. The van der Waals surface area contributed by atoms with E-state index in [9.17, 15) is 9.59 Å². The minimum absolute atomic E-state index is 0.0504. The van der Waals surface area contributed by atoms with Gasteiger partial charge in [-0.05, 0) is 82.7 Å². The van der Waals surface area contributed by atoms with E-state index in [0.29, 0.717) is 38.6 Å². The highest BCUT2D eigenvalue weighted by atomic mass is 127. The minimum atomic E-state index is -0.402. The molecular weight excluding hydrogens is 572 g/mol. The molecule has 1 heterocycles. The van der Waals surface area contributed by atoms with Crippen LogP contribution in [0.2, 0.25) is 10.0 Å². The van der Waals surface area contributed by atoms with Crippen molar-refractivity contribution in [3.8, 4) is 23.8 Å². The van der Waals surface area contributed by atoms with Gasteiger partial charge in [-0.1, -0.05) is 35.2 Å². The topological polar surface area (TPSA) is 55.8 Å². The lowest BCUT2D eigenvalue weighted by Gasteiger charge is -2.15. The quantitative estimate of drug-likeness (QED) is 0.218. The van der Waals surface area contributed by atoms with Crippen LogP contribution in [0.1, 0.15) is 18.1 Å². The molecule has 0 spiro atoms. The van der Waals surface area contributed by atoms with Gasteiger partial charge in [-0.15, -0.1) is 6.42 Å². The molecule has 1 saturated heterocycles. The zero-order valence-corrected chi connectivity index (χ0v) is 20.8. The number of amides is 2. The van der Waals surface area contributed by atoms with Gasteiger partial charge in [0.15, 0.2) is 11.5 Å². The Balaban J connectivity index is 1.86. The first-order chi connectivity index (χ1) is 14.8. The minimum Gasteiger partial charge on any atom is -0.490 e. The largest absolute Gasteiger partial charge is 0.490 e. The van der Waals surface area contributed by atoms with Crippen LogP contribution in [0, 0.1) is 15.9 Å². The number of thioether (sulfide) groups is 1. The molecule has 0 aromatic heterocycles. The molecule has 0 bridgehead atoms. The maximum absolute atomic E-state index is 12.4. The van der Waals surface area contributed by atoms with Crippen LogP contribution in [0.4, 0.5) is 4.79 Å². The lowest BCUT2D eigenvalue weighted by molar-refractivity contribution is -0.122. The predicted molar refractivity (Wildman–Crippen MR) is 133 cm³/mol. The molecule has 2 aromatic carbocycles. The average Bonchev–Trinajstić information content (AvgIpc) is 2.98. The number of hydrogen-bond acceptors (Lipinski definition) is 5. The van der Waals surface area contributed by atoms with Gasteiger partial charge < -0.3 is 9.47 Å². The Kier molecular flexibility index (Phi) is 8.17. The maximum atomic E-state index is 12.4. The van der Waals surface area contributed by atoms with E-state index >= 15 is 0 Å². The third kappa shape index (κ3) is 5.69. The van der Waals surface area contributed by atoms with Crippen molar-refractivity contribution < 1.29 is 19.1 Å². The van der Waals surface area contributed by atoms with E-state index in [1.807, 2.05) is 19.1 Å². The molecule has 9 heteroatoms. The van der Waals surface area contributed by atoms with E-state index in [1.165, 1.54) is 0 Å². The van der Waals surface area contributed by atoms with Gasteiger partial charge in [0.2, 0.25) is 0 Å². The van der Waals surface area contributed by atoms with Crippen LogP contribution in [0.25, 0.3) is 6.08 Å². The summed E-state index contributed by atoms with van der Waals surface area (Å²) >= 11 is 15.0. The Morgan fingerprint density at radius 3 is 2.65 bits per heavy atom. The fourth-order valence-corrected chi connectivity index (χ4v) is 4.68. The van der Waals surface area contributed by atoms with Gasteiger partial charge in [0.25, 0.3) is 11.1 Å². The van der Waals surface area contributed by atoms with Crippen molar-refractivity contribution in [3.05, 3.63) is 60.0 Å². The van der Waals surface area contributed by atoms with Gasteiger partial charge in [-0.25, -0.2) is 0 Å². The van der Waals surface area contributed by atoms with Crippen LogP contribution >= 0.6 is 57.6 Å². The summed E-state index contributed by atoms with van der Waals surface area (Å²) < 4.78 is 12.6. The molecule has 160 valence electrons. The molecule has 0 N–H and O–H groups in total. The molecular formula is C22H16Cl2INO4S. The van der Waals surface area contributed by atoms with E-state index in [4.69, 9.17) is 39.1 Å². The Morgan fingerprint density at radius 2 is 1.97 bits per heavy atom. The zero-order chi connectivity index (χ0) is 22.5. The van der Waals surface area contributed by atoms with Crippen LogP contribution in [0.5, 0.6) is 11.5 Å². The fraction of sp³-hybridized carbons (Fsp3) is 0.182. The van der Waals surface area contributed by atoms with E-state index in [-0.39, 0.29) is 18.4 Å². The van der Waals surface area contributed by atoms with E-state index in [2.05, 4.69) is 28.5 Å². The third-order valence-electron chi connectivity index (χ3n) is 4.12. The van der Waals surface area contributed by atoms with Gasteiger partial charge in [-0.2, -0.15) is 0 Å². The molecule has 2 amide bonds. The predicted octanol–water partition coefficient (Wildman–Crippen LogP) is 6.25. The van der Waals surface area contributed by atoms with Crippen LogP contribution in [-0.4, -0.2) is 29.2 Å². The summed E-state index contributed by atoms with van der Waals surface area (Å²) in [5, 5.41) is 0.554. The van der Waals surface area contributed by atoms with Crippen molar-refractivity contribution >= 4 is 74.8 Å². The van der Waals surface area contributed by atoms with Crippen molar-refractivity contribution in [2.75, 3.05) is 13.2 Å². The number of nitrogens with zero attached hydrogens (tertiary/aromatic N) is 1. The number of carbonyl (C=O) groups excluding carboxylic acids is 2. The molecule has 0 aliphatic carbocycles. The van der Waals surface area contributed by atoms with Gasteiger partial charge in [-0.3, -0.25) is 14.5 Å². The lowest BCUT2D eigenvalue weighted by Crippen LogP contribution is -2.28. The van der Waals surface area contributed by atoms with Crippen molar-refractivity contribution in [2.45, 2.75) is 13.5 Å². The van der Waals surface area contributed by atoms with Crippen LogP contribution < -0.4 is 9.47 Å². The molecule has 3 rings (SSSR count). The molecule has 0 saturated carbocycles. The molecule has 1 aliphatic heterocycles. The second kappa shape index (κ2) is 10.6. The monoisotopic (exact) mass is 587 g/mol. The first-order valence-electron chi connectivity index (χ1n) is 9.06. The molecule has 0 radical (unpaired) electrons. The number of benzene rings is 2. The van der Waals surface area contributed by atoms with Crippen LogP contribution in [-0.2, 0) is 11.4 Å². The van der Waals surface area contributed by atoms with Crippen molar-refractivity contribution in [2.24, 2.45) is 0 Å². The summed E-state index contributed by atoms with van der Waals surface area (Å²) in [6, 6.07) is 8.92. The van der Waals surface area contributed by atoms with Crippen LogP contribution in [0.3, 0.4) is 0 Å². The zero-order valence-electron chi connectivity index (χ0n) is 16.3. The molecule has 0 unspecified atom stereocenters. The molecule has 1 aliphatic rings. The SMILES string of the molecule is C#CCN1C(=O)S/C(=C/c2cc(I)c(OCc3ccc(Cl)c(Cl)c3)c(OCC)c2)C1=O. The highest BCUT2D eigenvalue weighted by Crippen LogP contribution is 2.38. The van der Waals surface area contributed by atoms with Gasteiger partial charge in [0, 0.05) is 0 Å². The van der Waals surface area contributed by atoms with Gasteiger partial charge in [0.05, 0.1) is 31.7 Å². The normalized spacial score (nSPS) is 14.8. The number of hydrogen-bond donors (Lipinski definition) is 0. The number of carbonyl (C=O) groups is 2. The highest BCUT2D eigenvalue weighted by Gasteiger charge is 2.34. The first-order valence-corrected chi connectivity index (χ1v) is 11.7. The van der Waals surface area contributed by atoms with Crippen molar-refractivity contribution in [3.63, 3.8) is 0 Å². The molecule has 2 aromatic rings. The van der Waals surface area contributed by atoms with Crippen molar-refractivity contribution in [1.82, 2.24) is 4.90 Å². The number of halogens is 3. The molecule has 1 fully saturated rings.